The summed E-state index contributed by atoms with van der Waals surface area (Å²) in [5.74, 6) is 1.60. The highest BCUT2D eigenvalue weighted by Crippen LogP contribution is 2.26. The number of aliphatic hydroxyl groups excluding tert-OH is 1. The molecule has 3 N–H and O–H groups in total. The second-order valence-corrected chi connectivity index (χ2v) is 5.94. The van der Waals surface area contributed by atoms with E-state index in [-0.39, 0.29) is 0 Å². The summed E-state index contributed by atoms with van der Waals surface area (Å²) in [7, 11) is 1.64. The lowest BCUT2D eigenvalue weighted by molar-refractivity contribution is 0.184. The van der Waals surface area contributed by atoms with Crippen LogP contribution in [-0.2, 0) is 6.54 Å². The molecule has 0 aromatic carbocycles. The van der Waals surface area contributed by atoms with Crippen LogP contribution in [0.4, 0.5) is 0 Å². The smallest absolute Gasteiger partial charge is 0.223 e. The zero-order valence-corrected chi connectivity index (χ0v) is 13.2. The SMILES string of the molecule is CN=C(NCc1noc(C)n1)NCC(O)c1ccc(Cl)s1. The number of hydrogen-bond donors (Lipinski definition) is 3. The maximum absolute atomic E-state index is 10.0. The minimum atomic E-state index is -0.645. The number of guanidine groups is 1. The number of aliphatic hydroxyl groups is 1. The molecule has 1 unspecified atom stereocenters. The van der Waals surface area contributed by atoms with Gasteiger partial charge in [0.05, 0.1) is 10.9 Å². The zero-order chi connectivity index (χ0) is 15.2. The van der Waals surface area contributed by atoms with Crippen LogP contribution in [0.1, 0.15) is 22.7 Å². The number of hydrogen-bond acceptors (Lipinski definition) is 6. The van der Waals surface area contributed by atoms with Crippen molar-refractivity contribution in [1.82, 2.24) is 20.8 Å². The van der Waals surface area contributed by atoms with Crippen LogP contribution in [-0.4, -0.2) is 34.8 Å². The lowest BCUT2D eigenvalue weighted by atomic mass is 10.3. The van der Waals surface area contributed by atoms with Crippen molar-refractivity contribution in [2.24, 2.45) is 4.99 Å². The summed E-state index contributed by atoms with van der Waals surface area (Å²) >= 11 is 7.19. The van der Waals surface area contributed by atoms with Gasteiger partial charge in [0.25, 0.3) is 0 Å². The highest BCUT2D eigenvalue weighted by Gasteiger charge is 2.11. The number of thiophene rings is 1. The summed E-state index contributed by atoms with van der Waals surface area (Å²) in [5.41, 5.74) is 0. The van der Waals surface area contributed by atoms with Crippen LogP contribution in [0.5, 0.6) is 0 Å². The number of rotatable bonds is 5. The van der Waals surface area contributed by atoms with Crippen molar-refractivity contribution in [2.45, 2.75) is 19.6 Å². The van der Waals surface area contributed by atoms with E-state index in [1.807, 2.05) is 0 Å². The van der Waals surface area contributed by atoms with Crippen molar-refractivity contribution in [3.63, 3.8) is 0 Å². The van der Waals surface area contributed by atoms with Gasteiger partial charge in [0.1, 0.15) is 6.10 Å². The first-order valence-corrected chi connectivity index (χ1v) is 7.45. The monoisotopic (exact) mass is 329 g/mol. The second kappa shape index (κ2) is 7.39. The summed E-state index contributed by atoms with van der Waals surface area (Å²) in [6, 6.07) is 3.56. The predicted molar refractivity (Wildman–Crippen MR) is 81.5 cm³/mol. The van der Waals surface area contributed by atoms with Crippen LogP contribution in [0, 0.1) is 6.92 Å². The fourth-order valence-electron chi connectivity index (χ4n) is 1.60. The fraction of sp³-hybridized carbons (Fsp3) is 0.417. The van der Waals surface area contributed by atoms with Crippen LogP contribution in [0.25, 0.3) is 0 Å². The van der Waals surface area contributed by atoms with Gasteiger partial charge in [-0.1, -0.05) is 16.8 Å². The molecule has 0 radical (unpaired) electrons. The van der Waals surface area contributed by atoms with Crippen molar-refractivity contribution in [3.8, 4) is 0 Å². The molecule has 0 spiro atoms. The number of aromatic nitrogens is 2. The summed E-state index contributed by atoms with van der Waals surface area (Å²) in [4.78, 5) is 8.93. The molecule has 2 aromatic rings. The van der Waals surface area contributed by atoms with Crippen LogP contribution >= 0.6 is 22.9 Å². The molecule has 21 heavy (non-hydrogen) atoms. The summed E-state index contributed by atoms with van der Waals surface area (Å²) in [5, 5.41) is 19.9. The van der Waals surface area contributed by atoms with Crippen molar-refractivity contribution in [3.05, 3.63) is 33.1 Å². The zero-order valence-electron chi connectivity index (χ0n) is 11.6. The molecule has 0 saturated heterocycles. The van der Waals surface area contributed by atoms with Gasteiger partial charge in [-0.15, -0.1) is 11.3 Å². The van der Waals surface area contributed by atoms with Gasteiger partial charge < -0.3 is 20.3 Å². The molecule has 0 fully saturated rings. The summed E-state index contributed by atoms with van der Waals surface area (Å²) in [6.45, 7) is 2.44. The highest BCUT2D eigenvalue weighted by atomic mass is 35.5. The lowest BCUT2D eigenvalue weighted by Crippen LogP contribution is -2.39. The number of nitrogens with zero attached hydrogens (tertiary/aromatic N) is 3. The van der Waals surface area contributed by atoms with E-state index in [9.17, 15) is 5.11 Å². The molecule has 1 atom stereocenters. The van der Waals surface area contributed by atoms with E-state index in [4.69, 9.17) is 16.1 Å². The maximum atomic E-state index is 10.0. The van der Waals surface area contributed by atoms with E-state index in [1.165, 1.54) is 11.3 Å². The van der Waals surface area contributed by atoms with Crippen molar-refractivity contribution < 1.29 is 9.63 Å². The summed E-state index contributed by atoms with van der Waals surface area (Å²) in [6.07, 6.45) is -0.645. The fourth-order valence-corrected chi connectivity index (χ4v) is 2.64. The van der Waals surface area contributed by atoms with Crippen LogP contribution in [0.15, 0.2) is 21.6 Å². The van der Waals surface area contributed by atoms with Gasteiger partial charge in [-0.2, -0.15) is 4.98 Å². The third-order valence-corrected chi connectivity index (χ3v) is 3.92. The Morgan fingerprint density at radius 1 is 1.52 bits per heavy atom. The van der Waals surface area contributed by atoms with Gasteiger partial charge in [-0.05, 0) is 12.1 Å². The van der Waals surface area contributed by atoms with Gasteiger partial charge in [-0.25, -0.2) is 0 Å². The molecule has 7 nitrogen and oxygen atoms in total. The Labute approximate surface area is 131 Å². The molecule has 9 heteroatoms. The van der Waals surface area contributed by atoms with E-state index in [1.54, 1.807) is 26.1 Å². The third-order valence-electron chi connectivity index (χ3n) is 2.59. The van der Waals surface area contributed by atoms with Gasteiger partial charge in [0.2, 0.25) is 5.89 Å². The molecule has 0 aliphatic carbocycles. The van der Waals surface area contributed by atoms with Crippen LogP contribution < -0.4 is 10.6 Å². The van der Waals surface area contributed by atoms with E-state index in [0.717, 1.165) is 4.88 Å². The molecule has 0 saturated carbocycles. The quantitative estimate of drug-likeness (QED) is 0.568. The minimum Gasteiger partial charge on any atom is -0.386 e. The standard InChI is InChI=1S/C12H16ClN5O2S/c1-7-17-11(18-20-7)6-16-12(14-2)15-5-8(19)9-3-4-10(13)21-9/h3-4,8,19H,5-6H2,1-2H3,(H2,14,15,16). The molecular formula is C12H16ClN5O2S. The number of aryl methyl sites for hydroxylation is 1. The molecule has 2 heterocycles. The van der Waals surface area contributed by atoms with Crippen molar-refractivity contribution in [2.75, 3.05) is 13.6 Å². The Morgan fingerprint density at radius 2 is 2.33 bits per heavy atom. The first-order valence-electron chi connectivity index (χ1n) is 6.25. The van der Waals surface area contributed by atoms with E-state index in [2.05, 4.69) is 25.8 Å². The molecule has 2 aromatic heterocycles. The average molecular weight is 330 g/mol. The maximum Gasteiger partial charge on any atom is 0.223 e. The molecular weight excluding hydrogens is 314 g/mol. The van der Waals surface area contributed by atoms with E-state index in [0.29, 0.717) is 35.1 Å². The van der Waals surface area contributed by atoms with Gasteiger partial charge >= 0.3 is 0 Å². The van der Waals surface area contributed by atoms with E-state index >= 15 is 0 Å². The molecule has 0 amide bonds. The molecule has 114 valence electrons. The van der Waals surface area contributed by atoms with Crippen LogP contribution in [0.3, 0.4) is 0 Å². The summed E-state index contributed by atoms with van der Waals surface area (Å²) < 4.78 is 5.53. The Balaban J connectivity index is 1.80. The Morgan fingerprint density at radius 3 is 2.90 bits per heavy atom. The van der Waals surface area contributed by atoms with Gasteiger partial charge in [-0.3, -0.25) is 4.99 Å². The Kier molecular flexibility index (Phi) is 5.54. The first kappa shape index (κ1) is 15.7. The van der Waals surface area contributed by atoms with Crippen molar-refractivity contribution >= 4 is 28.9 Å². The van der Waals surface area contributed by atoms with Crippen molar-refractivity contribution in [1.29, 1.82) is 0 Å². The normalized spacial score (nSPS) is 13.2. The highest BCUT2D eigenvalue weighted by molar-refractivity contribution is 7.16. The Hall–Kier alpha value is -1.64. The van der Waals surface area contributed by atoms with Crippen LogP contribution in [0.2, 0.25) is 4.34 Å². The largest absolute Gasteiger partial charge is 0.386 e. The number of halogens is 1. The third kappa shape index (κ3) is 4.69. The predicted octanol–water partition coefficient (Wildman–Crippen LogP) is 1.49. The average Bonchev–Trinajstić information content (AvgIpc) is 3.07. The Bertz CT molecular complexity index is 612. The number of aliphatic imine (C=N–C) groups is 1. The molecule has 0 bridgehead atoms. The number of nitrogens with one attached hydrogen (secondary N) is 2. The molecule has 0 aliphatic heterocycles. The first-order chi connectivity index (χ1) is 10.1. The van der Waals surface area contributed by atoms with Gasteiger partial charge in [0, 0.05) is 25.4 Å². The molecule has 2 rings (SSSR count). The minimum absolute atomic E-state index is 0.321. The molecule has 0 aliphatic rings. The lowest BCUT2D eigenvalue weighted by Gasteiger charge is -2.13. The van der Waals surface area contributed by atoms with E-state index < -0.39 is 6.10 Å². The second-order valence-electron chi connectivity index (χ2n) is 4.19. The van der Waals surface area contributed by atoms with Gasteiger partial charge in [0.15, 0.2) is 11.8 Å². The topological polar surface area (TPSA) is 95.6 Å².